The number of aryl methyl sites for hydroxylation is 2. The molecule has 0 radical (unpaired) electrons. The molecule has 3 aromatic rings. The highest BCUT2D eigenvalue weighted by atomic mass is 32.2. The molecule has 1 aromatic heterocycles. The Morgan fingerprint density at radius 1 is 1.17 bits per heavy atom. The molecule has 3 rings (SSSR count). The molecule has 0 saturated heterocycles. The summed E-state index contributed by atoms with van der Waals surface area (Å²) in [7, 11) is -2.24. The average Bonchev–Trinajstić information content (AvgIpc) is 2.92. The minimum atomic E-state index is -3.69. The highest BCUT2D eigenvalue weighted by Gasteiger charge is 2.19. The number of oxazole rings is 1. The van der Waals surface area contributed by atoms with Crippen molar-refractivity contribution in [2.45, 2.75) is 25.3 Å². The summed E-state index contributed by atoms with van der Waals surface area (Å²) in [4.78, 5) is 4.38. The van der Waals surface area contributed by atoms with Gasteiger partial charge in [-0.3, -0.25) is 0 Å². The zero-order valence-electron chi connectivity index (χ0n) is 13.7. The smallest absolute Gasteiger partial charge is 0.244 e. The van der Waals surface area contributed by atoms with Crippen LogP contribution >= 0.6 is 0 Å². The van der Waals surface area contributed by atoms with Crippen molar-refractivity contribution in [2.75, 3.05) is 7.11 Å². The van der Waals surface area contributed by atoms with Crippen LogP contribution in [0.3, 0.4) is 0 Å². The number of benzene rings is 2. The van der Waals surface area contributed by atoms with Crippen LogP contribution in [0.2, 0.25) is 0 Å². The van der Waals surface area contributed by atoms with Crippen LogP contribution in [0.15, 0.2) is 45.7 Å². The maximum atomic E-state index is 12.6. The van der Waals surface area contributed by atoms with E-state index in [1.807, 2.05) is 19.1 Å². The maximum absolute atomic E-state index is 12.6. The fourth-order valence-corrected chi connectivity index (χ4v) is 3.72. The number of nitrogens with zero attached hydrogens (tertiary/aromatic N) is 1. The Balaban J connectivity index is 1.85. The van der Waals surface area contributed by atoms with Gasteiger partial charge in [0, 0.05) is 13.5 Å². The largest absolute Gasteiger partial charge is 0.495 e. The van der Waals surface area contributed by atoms with Crippen LogP contribution < -0.4 is 9.46 Å². The van der Waals surface area contributed by atoms with E-state index in [1.54, 1.807) is 31.2 Å². The van der Waals surface area contributed by atoms with Gasteiger partial charge in [-0.15, -0.1) is 0 Å². The van der Waals surface area contributed by atoms with E-state index in [2.05, 4.69) is 9.71 Å². The predicted octanol–water partition coefficient (Wildman–Crippen LogP) is 2.93. The Morgan fingerprint density at radius 3 is 2.71 bits per heavy atom. The predicted molar refractivity (Wildman–Crippen MR) is 90.5 cm³/mol. The molecule has 0 aliphatic rings. The third-order valence-corrected chi connectivity index (χ3v) is 5.06. The number of sulfonamides is 1. The highest BCUT2D eigenvalue weighted by Crippen LogP contribution is 2.25. The summed E-state index contributed by atoms with van der Waals surface area (Å²) in [5.41, 5.74) is 3.03. The first-order valence-electron chi connectivity index (χ1n) is 7.39. The van der Waals surface area contributed by atoms with Crippen LogP contribution in [-0.2, 0) is 16.6 Å². The van der Waals surface area contributed by atoms with Crippen molar-refractivity contribution >= 4 is 21.1 Å². The van der Waals surface area contributed by atoms with Crippen LogP contribution in [-0.4, -0.2) is 20.5 Å². The molecule has 7 heteroatoms. The zero-order valence-corrected chi connectivity index (χ0v) is 14.5. The third-order valence-electron chi connectivity index (χ3n) is 3.63. The minimum Gasteiger partial charge on any atom is -0.495 e. The van der Waals surface area contributed by atoms with Gasteiger partial charge in [-0.1, -0.05) is 12.1 Å². The molecule has 0 saturated carbocycles. The lowest BCUT2D eigenvalue weighted by molar-refractivity contribution is 0.402. The van der Waals surface area contributed by atoms with Crippen LogP contribution in [0.5, 0.6) is 5.75 Å². The van der Waals surface area contributed by atoms with Crippen LogP contribution in [0, 0.1) is 13.8 Å². The Bertz CT molecular complexity index is 993. The molecular formula is C17H18N2O4S. The molecule has 24 heavy (non-hydrogen) atoms. The molecule has 0 aliphatic heterocycles. The minimum absolute atomic E-state index is 0.128. The van der Waals surface area contributed by atoms with Gasteiger partial charge >= 0.3 is 0 Å². The molecule has 1 N–H and O–H groups in total. The van der Waals surface area contributed by atoms with Crippen LogP contribution in [0.25, 0.3) is 11.1 Å². The van der Waals surface area contributed by atoms with Crippen molar-refractivity contribution < 1.29 is 17.6 Å². The van der Waals surface area contributed by atoms with Crippen molar-refractivity contribution in [3.05, 3.63) is 53.4 Å². The quantitative estimate of drug-likeness (QED) is 0.768. The number of hydrogen-bond donors (Lipinski definition) is 1. The Kier molecular flexibility index (Phi) is 4.29. The normalized spacial score (nSPS) is 11.8. The molecule has 0 atom stereocenters. The number of ether oxygens (including phenoxy) is 1. The van der Waals surface area contributed by atoms with E-state index in [-0.39, 0.29) is 11.4 Å². The number of methoxy groups -OCH3 is 1. The fourth-order valence-electron chi connectivity index (χ4n) is 2.45. The topological polar surface area (TPSA) is 81.4 Å². The van der Waals surface area contributed by atoms with Crippen molar-refractivity contribution in [1.29, 1.82) is 0 Å². The second-order valence-corrected chi connectivity index (χ2v) is 7.25. The van der Waals surface area contributed by atoms with Gasteiger partial charge in [0.1, 0.15) is 16.2 Å². The average molecular weight is 346 g/mol. The molecule has 0 amide bonds. The number of rotatable bonds is 5. The Hall–Kier alpha value is -2.38. The molecule has 0 fully saturated rings. The molecule has 6 nitrogen and oxygen atoms in total. The van der Waals surface area contributed by atoms with Crippen molar-refractivity contribution in [3.63, 3.8) is 0 Å². The first-order chi connectivity index (χ1) is 11.4. The standard InChI is InChI=1S/C17H18N2O4S/c1-11-4-6-16(22-3)17(8-11)24(20,21)18-10-13-5-7-15-14(9-13)19-12(2)23-15/h4-9,18H,10H2,1-3H3. The van der Waals surface area contributed by atoms with Gasteiger partial charge in [0.2, 0.25) is 10.0 Å². The van der Waals surface area contributed by atoms with E-state index >= 15 is 0 Å². The fraction of sp³-hybridized carbons (Fsp3) is 0.235. The van der Waals surface area contributed by atoms with Gasteiger partial charge < -0.3 is 9.15 Å². The van der Waals surface area contributed by atoms with E-state index < -0.39 is 10.0 Å². The van der Waals surface area contributed by atoms with E-state index in [0.29, 0.717) is 22.7 Å². The number of aromatic nitrogens is 1. The number of nitrogens with one attached hydrogen (secondary N) is 1. The maximum Gasteiger partial charge on any atom is 0.244 e. The molecule has 1 heterocycles. The molecule has 126 valence electrons. The van der Waals surface area contributed by atoms with E-state index in [9.17, 15) is 8.42 Å². The monoisotopic (exact) mass is 346 g/mol. The second-order valence-electron chi connectivity index (χ2n) is 5.51. The first-order valence-corrected chi connectivity index (χ1v) is 8.88. The summed E-state index contributed by atoms with van der Waals surface area (Å²) in [5, 5.41) is 0. The third kappa shape index (κ3) is 3.27. The SMILES string of the molecule is COc1ccc(C)cc1S(=O)(=O)NCc1ccc2oc(C)nc2c1. The Labute approximate surface area is 140 Å². The summed E-state index contributed by atoms with van der Waals surface area (Å²) in [6.07, 6.45) is 0. The Morgan fingerprint density at radius 2 is 1.96 bits per heavy atom. The van der Waals surface area contributed by atoms with Gasteiger partial charge in [-0.05, 0) is 42.3 Å². The molecule has 0 bridgehead atoms. The van der Waals surface area contributed by atoms with Crippen LogP contribution in [0.4, 0.5) is 0 Å². The lowest BCUT2D eigenvalue weighted by Gasteiger charge is -2.11. The lowest BCUT2D eigenvalue weighted by atomic mass is 10.2. The van der Waals surface area contributed by atoms with Gasteiger partial charge in [-0.2, -0.15) is 0 Å². The zero-order chi connectivity index (χ0) is 17.3. The van der Waals surface area contributed by atoms with Crippen molar-refractivity contribution in [1.82, 2.24) is 9.71 Å². The summed E-state index contributed by atoms with van der Waals surface area (Å²) in [6.45, 7) is 3.76. The molecule has 2 aromatic carbocycles. The van der Waals surface area contributed by atoms with Gasteiger partial charge in [0.15, 0.2) is 11.5 Å². The number of hydrogen-bond acceptors (Lipinski definition) is 5. The van der Waals surface area contributed by atoms with Gasteiger partial charge in [0.25, 0.3) is 0 Å². The summed E-state index contributed by atoms with van der Waals surface area (Å²) < 4.78 is 38.3. The van der Waals surface area contributed by atoms with Crippen molar-refractivity contribution in [2.24, 2.45) is 0 Å². The summed E-state index contributed by atoms with van der Waals surface area (Å²) >= 11 is 0. The first kappa shape index (κ1) is 16.5. The van der Waals surface area contributed by atoms with E-state index in [0.717, 1.165) is 11.1 Å². The lowest BCUT2D eigenvalue weighted by Crippen LogP contribution is -2.23. The highest BCUT2D eigenvalue weighted by molar-refractivity contribution is 7.89. The van der Waals surface area contributed by atoms with Gasteiger partial charge in [-0.25, -0.2) is 18.1 Å². The molecule has 0 spiro atoms. The summed E-state index contributed by atoms with van der Waals surface area (Å²) in [6, 6.07) is 10.4. The second kappa shape index (κ2) is 6.26. The number of fused-ring (bicyclic) bond motifs is 1. The van der Waals surface area contributed by atoms with Crippen LogP contribution in [0.1, 0.15) is 17.0 Å². The molecular weight excluding hydrogens is 328 g/mol. The molecule has 0 unspecified atom stereocenters. The summed E-state index contributed by atoms with van der Waals surface area (Å²) in [5.74, 6) is 0.892. The van der Waals surface area contributed by atoms with Gasteiger partial charge in [0.05, 0.1) is 7.11 Å². The van der Waals surface area contributed by atoms with E-state index in [1.165, 1.54) is 7.11 Å². The molecule has 0 aliphatic carbocycles. The van der Waals surface area contributed by atoms with Crippen molar-refractivity contribution in [3.8, 4) is 5.75 Å². The van der Waals surface area contributed by atoms with E-state index in [4.69, 9.17) is 9.15 Å².